The van der Waals surface area contributed by atoms with Crippen LogP contribution in [0.3, 0.4) is 0 Å². The molecule has 2 unspecified atom stereocenters. The molecule has 0 radical (unpaired) electrons. The largest absolute Gasteiger partial charge is 0.364 e. The van der Waals surface area contributed by atoms with Gasteiger partial charge in [0, 0.05) is 24.3 Å². The highest BCUT2D eigenvalue weighted by Gasteiger charge is 2.36. The van der Waals surface area contributed by atoms with Gasteiger partial charge >= 0.3 is 0 Å². The first kappa shape index (κ1) is 10.2. The maximum absolute atomic E-state index is 5.91. The lowest BCUT2D eigenvalue weighted by Gasteiger charge is -2.39. The van der Waals surface area contributed by atoms with E-state index in [0.717, 1.165) is 12.6 Å². The van der Waals surface area contributed by atoms with E-state index in [1.165, 1.54) is 36.9 Å². The molecule has 2 nitrogen and oxygen atoms in total. The topological polar surface area (TPSA) is 29.3 Å². The molecule has 2 N–H and O–H groups in total. The lowest BCUT2D eigenvalue weighted by atomic mass is 9.95. The number of nitrogens with zero attached hydrogens (tertiary/aromatic N) is 1. The first-order valence-electron chi connectivity index (χ1n) is 6.38. The van der Waals surface area contributed by atoms with E-state index in [0.29, 0.717) is 6.04 Å². The molecule has 2 aliphatic heterocycles. The number of aryl methyl sites for hydroxylation is 1. The Hall–Kier alpha value is -1.02. The fourth-order valence-electron chi connectivity index (χ4n) is 3.42. The lowest BCUT2D eigenvalue weighted by molar-refractivity contribution is 0.399. The molecule has 1 saturated heterocycles. The van der Waals surface area contributed by atoms with Crippen molar-refractivity contribution in [1.82, 2.24) is 0 Å². The lowest BCUT2D eigenvalue weighted by Crippen LogP contribution is -2.48. The van der Waals surface area contributed by atoms with Crippen LogP contribution in [0.2, 0.25) is 0 Å². The van der Waals surface area contributed by atoms with Crippen LogP contribution in [0.25, 0.3) is 0 Å². The van der Waals surface area contributed by atoms with Crippen molar-refractivity contribution in [1.29, 1.82) is 0 Å². The number of anilines is 1. The van der Waals surface area contributed by atoms with E-state index in [1.54, 1.807) is 5.56 Å². The van der Waals surface area contributed by atoms with Crippen LogP contribution in [0.5, 0.6) is 0 Å². The Morgan fingerprint density at radius 2 is 2.25 bits per heavy atom. The average Bonchev–Trinajstić information content (AvgIpc) is 2.69. The van der Waals surface area contributed by atoms with Crippen molar-refractivity contribution in [3.05, 3.63) is 29.3 Å². The zero-order chi connectivity index (χ0) is 11.1. The number of fused-ring (bicyclic) bond motifs is 3. The Balaban J connectivity index is 2.03. The summed E-state index contributed by atoms with van der Waals surface area (Å²) in [6.45, 7) is 3.03. The summed E-state index contributed by atoms with van der Waals surface area (Å²) >= 11 is 0. The summed E-state index contributed by atoms with van der Waals surface area (Å²) in [7, 11) is 0. The van der Waals surface area contributed by atoms with Crippen molar-refractivity contribution in [2.24, 2.45) is 5.73 Å². The highest BCUT2D eigenvalue weighted by Crippen LogP contribution is 2.40. The molecular weight excluding hydrogens is 196 g/mol. The van der Waals surface area contributed by atoms with Gasteiger partial charge in [-0.1, -0.05) is 12.1 Å². The van der Waals surface area contributed by atoms with Crippen LogP contribution in [0.15, 0.2) is 18.2 Å². The summed E-state index contributed by atoms with van der Waals surface area (Å²) in [5, 5.41) is 0. The minimum Gasteiger partial charge on any atom is -0.364 e. The van der Waals surface area contributed by atoms with Gasteiger partial charge in [-0.2, -0.15) is 0 Å². The van der Waals surface area contributed by atoms with Gasteiger partial charge in [0.1, 0.15) is 0 Å². The van der Waals surface area contributed by atoms with E-state index >= 15 is 0 Å². The van der Waals surface area contributed by atoms with E-state index in [-0.39, 0.29) is 0 Å². The maximum atomic E-state index is 5.91. The van der Waals surface area contributed by atoms with Crippen molar-refractivity contribution in [2.75, 3.05) is 11.4 Å². The molecule has 2 heterocycles. The number of hydrogen-bond acceptors (Lipinski definition) is 2. The van der Waals surface area contributed by atoms with Crippen molar-refractivity contribution in [3.63, 3.8) is 0 Å². The summed E-state index contributed by atoms with van der Waals surface area (Å²) in [5.74, 6) is 0. The third-order valence-electron chi connectivity index (χ3n) is 4.24. The third kappa shape index (κ3) is 1.36. The van der Waals surface area contributed by atoms with Crippen LogP contribution in [-0.2, 0) is 6.42 Å². The average molecular weight is 216 g/mol. The predicted octanol–water partition coefficient (Wildman–Crippen LogP) is 2.24. The molecular formula is C14H20N2. The molecule has 1 fully saturated rings. The summed E-state index contributed by atoms with van der Waals surface area (Å²) in [5.41, 5.74) is 10.4. The predicted molar refractivity (Wildman–Crippen MR) is 67.8 cm³/mol. The highest BCUT2D eigenvalue weighted by molar-refractivity contribution is 5.63. The highest BCUT2D eigenvalue weighted by atomic mass is 15.2. The number of hydrogen-bond donors (Lipinski definition) is 1. The molecule has 2 atom stereocenters. The minimum atomic E-state index is 0.571. The van der Waals surface area contributed by atoms with Gasteiger partial charge in [-0.15, -0.1) is 0 Å². The molecule has 2 heteroatoms. The van der Waals surface area contributed by atoms with Crippen molar-refractivity contribution >= 4 is 5.69 Å². The number of piperidine rings is 1. The van der Waals surface area contributed by atoms with Gasteiger partial charge in [0.05, 0.1) is 0 Å². The fraction of sp³-hybridized carbons (Fsp3) is 0.571. The van der Waals surface area contributed by atoms with E-state index in [2.05, 4.69) is 30.0 Å². The molecule has 0 bridgehead atoms. The van der Waals surface area contributed by atoms with Crippen molar-refractivity contribution < 1.29 is 0 Å². The summed E-state index contributed by atoms with van der Waals surface area (Å²) < 4.78 is 0. The van der Waals surface area contributed by atoms with Crippen LogP contribution in [0, 0.1) is 6.92 Å². The fourth-order valence-corrected chi connectivity index (χ4v) is 3.42. The van der Waals surface area contributed by atoms with Crippen molar-refractivity contribution in [2.45, 2.75) is 44.7 Å². The smallest absolute Gasteiger partial charge is 0.0415 e. The van der Waals surface area contributed by atoms with Gasteiger partial charge in [0.15, 0.2) is 0 Å². The molecule has 0 aliphatic carbocycles. The second-order valence-corrected chi connectivity index (χ2v) is 5.16. The Morgan fingerprint density at radius 3 is 3.06 bits per heavy atom. The molecule has 2 aliphatic rings. The molecule has 16 heavy (non-hydrogen) atoms. The first-order chi connectivity index (χ1) is 7.81. The Kier molecular flexibility index (Phi) is 2.40. The summed E-state index contributed by atoms with van der Waals surface area (Å²) in [6, 6.07) is 7.98. The Labute approximate surface area is 97.4 Å². The maximum Gasteiger partial charge on any atom is 0.0415 e. The molecule has 3 rings (SSSR count). The van der Waals surface area contributed by atoms with E-state index < -0.39 is 0 Å². The van der Waals surface area contributed by atoms with Gasteiger partial charge in [0.2, 0.25) is 0 Å². The molecule has 0 saturated carbocycles. The quantitative estimate of drug-likeness (QED) is 0.780. The van der Waals surface area contributed by atoms with Crippen LogP contribution in [0.4, 0.5) is 5.69 Å². The SMILES string of the molecule is Cc1cccc2c1CC1CCCC(CN)N21. The van der Waals surface area contributed by atoms with Crippen LogP contribution in [-0.4, -0.2) is 18.6 Å². The second kappa shape index (κ2) is 3.77. The standard InChI is InChI=1S/C14H20N2/c1-10-4-2-7-14-13(10)8-11-5-3-6-12(9-15)16(11)14/h2,4,7,11-12H,3,5-6,8-9,15H2,1H3. The first-order valence-corrected chi connectivity index (χ1v) is 6.38. The summed E-state index contributed by atoms with van der Waals surface area (Å²) in [6.07, 6.45) is 5.18. The van der Waals surface area contributed by atoms with E-state index in [1.807, 2.05) is 0 Å². The van der Waals surface area contributed by atoms with Gasteiger partial charge < -0.3 is 10.6 Å². The zero-order valence-electron chi connectivity index (χ0n) is 9.95. The van der Waals surface area contributed by atoms with Crippen LogP contribution in [0.1, 0.15) is 30.4 Å². The minimum absolute atomic E-state index is 0.571. The summed E-state index contributed by atoms with van der Waals surface area (Å²) in [4.78, 5) is 2.60. The van der Waals surface area contributed by atoms with Crippen molar-refractivity contribution in [3.8, 4) is 0 Å². The Morgan fingerprint density at radius 1 is 1.38 bits per heavy atom. The monoisotopic (exact) mass is 216 g/mol. The molecule has 0 amide bonds. The molecule has 0 spiro atoms. The van der Waals surface area contributed by atoms with Crippen LogP contribution >= 0.6 is 0 Å². The molecule has 1 aromatic rings. The number of rotatable bonds is 1. The number of benzene rings is 1. The van der Waals surface area contributed by atoms with E-state index in [4.69, 9.17) is 5.73 Å². The third-order valence-corrected chi connectivity index (χ3v) is 4.24. The van der Waals surface area contributed by atoms with Gasteiger partial charge in [0.25, 0.3) is 0 Å². The molecule has 0 aromatic heterocycles. The molecule has 86 valence electrons. The zero-order valence-corrected chi connectivity index (χ0v) is 9.95. The van der Waals surface area contributed by atoms with E-state index in [9.17, 15) is 0 Å². The molecule has 1 aromatic carbocycles. The normalized spacial score (nSPS) is 27.8. The van der Waals surface area contributed by atoms with Crippen LogP contribution < -0.4 is 10.6 Å². The second-order valence-electron chi connectivity index (χ2n) is 5.16. The Bertz CT molecular complexity index is 400. The van der Waals surface area contributed by atoms with Gasteiger partial charge in [-0.3, -0.25) is 0 Å². The number of nitrogens with two attached hydrogens (primary N) is 1. The van der Waals surface area contributed by atoms with Gasteiger partial charge in [-0.25, -0.2) is 0 Å². The van der Waals surface area contributed by atoms with Gasteiger partial charge in [-0.05, 0) is 49.8 Å².